The number of amides is 1. The number of hydrogen-bond acceptors (Lipinski definition) is 3. The van der Waals surface area contributed by atoms with Gasteiger partial charge in [-0.15, -0.1) is 0 Å². The Bertz CT molecular complexity index is 298. The minimum Gasteiger partial charge on any atom is -0.359 e. The number of nitrogens with one attached hydrogen (secondary N) is 1. The number of thioether (sulfide) groups is 1. The van der Waals surface area contributed by atoms with E-state index in [4.69, 9.17) is 0 Å². The fraction of sp³-hybridized carbons (Fsp3) is 0.833. The Hall–Kier alpha value is -0.710. The van der Waals surface area contributed by atoms with Crippen LogP contribution in [0.25, 0.3) is 0 Å². The van der Waals surface area contributed by atoms with Crippen LogP contribution in [0.3, 0.4) is 0 Å². The topological polar surface area (TPSA) is 44.7 Å². The van der Waals surface area contributed by atoms with E-state index in [1.165, 1.54) is 0 Å². The Kier molecular flexibility index (Phi) is 5.31. The second kappa shape index (κ2) is 6.28. The summed E-state index contributed by atoms with van der Waals surface area (Å²) in [5, 5.41) is 4.50. The maximum atomic E-state index is 11.4. The lowest BCUT2D eigenvalue weighted by Crippen LogP contribution is -2.42. The van der Waals surface area contributed by atoms with Crippen LogP contribution in [0.5, 0.6) is 0 Å². The van der Waals surface area contributed by atoms with Crippen molar-refractivity contribution in [2.45, 2.75) is 38.6 Å². The number of aliphatic imine (C=N–C) groups is 1. The standard InChI is InChI=1S/C12H23N3OS/c1-5-12(6-2)9-17-11(14-12)13-8-7-10(16)15(3)4/h5-9H2,1-4H3,(H,13,14). The normalized spacial score (nSPS) is 20.4. The zero-order valence-electron chi connectivity index (χ0n) is 11.2. The van der Waals surface area contributed by atoms with Crippen LogP contribution in [0.4, 0.5) is 0 Å². The largest absolute Gasteiger partial charge is 0.359 e. The van der Waals surface area contributed by atoms with Crippen molar-refractivity contribution in [1.82, 2.24) is 10.2 Å². The molecule has 17 heavy (non-hydrogen) atoms. The monoisotopic (exact) mass is 257 g/mol. The van der Waals surface area contributed by atoms with Crippen molar-refractivity contribution in [3.8, 4) is 0 Å². The van der Waals surface area contributed by atoms with E-state index in [0.717, 1.165) is 23.8 Å². The highest BCUT2D eigenvalue weighted by Gasteiger charge is 2.33. The van der Waals surface area contributed by atoms with Crippen LogP contribution in [0, 0.1) is 0 Å². The van der Waals surface area contributed by atoms with Gasteiger partial charge in [-0.2, -0.15) is 0 Å². The number of amidine groups is 1. The molecular weight excluding hydrogens is 234 g/mol. The molecular formula is C12H23N3OS. The van der Waals surface area contributed by atoms with Gasteiger partial charge in [0.15, 0.2) is 5.17 Å². The molecule has 0 bridgehead atoms. The smallest absolute Gasteiger partial charge is 0.223 e. The Morgan fingerprint density at radius 3 is 2.59 bits per heavy atom. The van der Waals surface area contributed by atoms with Crippen LogP contribution >= 0.6 is 11.8 Å². The first-order valence-corrected chi connectivity index (χ1v) is 7.17. The summed E-state index contributed by atoms with van der Waals surface area (Å²) in [6, 6.07) is 0. The van der Waals surface area contributed by atoms with E-state index in [1.807, 2.05) is 0 Å². The van der Waals surface area contributed by atoms with E-state index in [2.05, 4.69) is 24.2 Å². The Morgan fingerprint density at radius 1 is 1.47 bits per heavy atom. The summed E-state index contributed by atoms with van der Waals surface area (Å²) in [4.78, 5) is 17.5. The summed E-state index contributed by atoms with van der Waals surface area (Å²) in [7, 11) is 3.55. The van der Waals surface area contributed by atoms with Crippen LogP contribution in [0.15, 0.2) is 4.99 Å². The fourth-order valence-electron chi connectivity index (χ4n) is 1.70. The molecule has 1 N–H and O–H groups in total. The van der Waals surface area contributed by atoms with Gasteiger partial charge in [-0.05, 0) is 12.8 Å². The minimum atomic E-state index is 0.134. The van der Waals surface area contributed by atoms with Gasteiger partial charge >= 0.3 is 0 Å². The molecule has 1 aliphatic heterocycles. The average Bonchev–Trinajstić information content (AvgIpc) is 2.73. The van der Waals surface area contributed by atoms with Crippen molar-refractivity contribution in [3.05, 3.63) is 0 Å². The highest BCUT2D eigenvalue weighted by atomic mass is 32.2. The van der Waals surface area contributed by atoms with Crippen LogP contribution in [-0.4, -0.2) is 47.9 Å². The molecule has 1 rings (SSSR count). The molecule has 1 aliphatic rings. The Labute approximate surface area is 108 Å². The molecule has 98 valence electrons. The molecule has 5 heteroatoms. The maximum absolute atomic E-state index is 11.4. The van der Waals surface area contributed by atoms with Gasteiger partial charge in [-0.3, -0.25) is 9.79 Å². The number of carbonyl (C=O) groups is 1. The molecule has 0 unspecified atom stereocenters. The van der Waals surface area contributed by atoms with Gasteiger partial charge in [0.05, 0.1) is 6.54 Å². The van der Waals surface area contributed by atoms with Gasteiger partial charge in [0.25, 0.3) is 0 Å². The lowest BCUT2D eigenvalue weighted by atomic mass is 9.96. The number of carbonyl (C=O) groups excluding carboxylic acids is 1. The van der Waals surface area contributed by atoms with Crippen molar-refractivity contribution < 1.29 is 4.79 Å². The molecule has 0 aromatic rings. The van der Waals surface area contributed by atoms with Crippen molar-refractivity contribution in [3.63, 3.8) is 0 Å². The van der Waals surface area contributed by atoms with Gasteiger partial charge in [0, 0.05) is 31.8 Å². The molecule has 0 spiro atoms. The second-order valence-electron chi connectivity index (χ2n) is 4.63. The first-order valence-electron chi connectivity index (χ1n) is 6.18. The third kappa shape index (κ3) is 3.91. The van der Waals surface area contributed by atoms with Gasteiger partial charge in [0.1, 0.15) is 0 Å². The van der Waals surface area contributed by atoms with Gasteiger partial charge in [-0.1, -0.05) is 25.6 Å². The maximum Gasteiger partial charge on any atom is 0.223 e. The average molecular weight is 257 g/mol. The number of rotatable bonds is 5. The number of hydrogen-bond donors (Lipinski definition) is 1. The zero-order chi connectivity index (χ0) is 12.9. The van der Waals surface area contributed by atoms with E-state index >= 15 is 0 Å². The van der Waals surface area contributed by atoms with E-state index in [9.17, 15) is 4.79 Å². The first kappa shape index (κ1) is 14.4. The van der Waals surface area contributed by atoms with E-state index in [1.54, 1.807) is 30.8 Å². The van der Waals surface area contributed by atoms with Gasteiger partial charge in [0.2, 0.25) is 5.91 Å². The predicted octanol–water partition coefficient (Wildman–Crippen LogP) is 1.72. The quantitative estimate of drug-likeness (QED) is 0.815. The van der Waals surface area contributed by atoms with E-state index < -0.39 is 0 Å². The lowest BCUT2D eigenvalue weighted by Gasteiger charge is -2.25. The van der Waals surface area contributed by atoms with E-state index in [0.29, 0.717) is 13.0 Å². The fourth-order valence-corrected chi connectivity index (χ4v) is 3.06. The molecule has 0 aromatic carbocycles. The molecule has 0 aliphatic carbocycles. The molecule has 0 atom stereocenters. The molecule has 1 amide bonds. The SMILES string of the molecule is CCC1(CC)CSC(=NCCC(=O)N(C)C)N1. The van der Waals surface area contributed by atoms with Crippen LogP contribution in [-0.2, 0) is 4.79 Å². The van der Waals surface area contributed by atoms with Crippen LogP contribution in [0.2, 0.25) is 0 Å². The van der Waals surface area contributed by atoms with Crippen LogP contribution < -0.4 is 5.32 Å². The van der Waals surface area contributed by atoms with Crippen molar-refractivity contribution in [1.29, 1.82) is 0 Å². The summed E-state index contributed by atoms with van der Waals surface area (Å²) >= 11 is 1.77. The highest BCUT2D eigenvalue weighted by Crippen LogP contribution is 2.28. The van der Waals surface area contributed by atoms with Crippen molar-refractivity contribution in [2.75, 3.05) is 26.4 Å². The minimum absolute atomic E-state index is 0.134. The summed E-state index contributed by atoms with van der Waals surface area (Å²) in [5.41, 5.74) is 0.217. The predicted molar refractivity (Wildman–Crippen MR) is 74.5 cm³/mol. The summed E-state index contributed by atoms with van der Waals surface area (Å²) in [6.45, 7) is 4.99. The van der Waals surface area contributed by atoms with Gasteiger partial charge in [-0.25, -0.2) is 0 Å². The molecule has 0 radical (unpaired) electrons. The van der Waals surface area contributed by atoms with E-state index in [-0.39, 0.29) is 11.4 Å². The summed E-state index contributed by atoms with van der Waals surface area (Å²) < 4.78 is 0. The third-order valence-electron chi connectivity index (χ3n) is 3.29. The van der Waals surface area contributed by atoms with Crippen molar-refractivity contribution in [2.24, 2.45) is 4.99 Å². The molecule has 0 saturated carbocycles. The molecule has 1 heterocycles. The molecule has 0 aromatic heterocycles. The Morgan fingerprint density at radius 2 is 2.12 bits per heavy atom. The van der Waals surface area contributed by atoms with Crippen molar-refractivity contribution >= 4 is 22.8 Å². The molecule has 1 fully saturated rings. The molecule has 1 saturated heterocycles. The third-order valence-corrected chi connectivity index (χ3v) is 4.49. The lowest BCUT2D eigenvalue weighted by molar-refractivity contribution is -0.128. The van der Waals surface area contributed by atoms with Gasteiger partial charge < -0.3 is 10.2 Å². The zero-order valence-corrected chi connectivity index (χ0v) is 12.1. The summed E-state index contributed by atoms with van der Waals surface area (Å²) in [6.07, 6.45) is 2.72. The second-order valence-corrected chi connectivity index (χ2v) is 5.59. The Balaban J connectivity index is 2.41. The summed E-state index contributed by atoms with van der Waals surface area (Å²) in [5.74, 6) is 1.22. The number of nitrogens with zero attached hydrogens (tertiary/aromatic N) is 2. The first-order chi connectivity index (χ1) is 8.03. The van der Waals surface area contributed by atoms with Crippen LogP contribution in [0.1, 0.15) is 33.1 Å². The molecule has 4 nitrogen and oxygen atoms in total. The highest BCUT2D eigenvalue weighted by molar-refractivity contribution is 8.14.